The Kier molecular flexibility index (Phi) is 2.79. The second kappa shape index (κ2) is 4.49. The lowest BCUT2D eigenvalue weighted by Crippen LogP contribution is -2.06. The van der Waals surface area contributed by atoms with Gasteiger partial charge in [-0.1, -0.05) is 6.07 Å². The zero-order valence-corrected chi connectivity index (χ0v) is 11.1. The normalized spacial score (nSPS) is 10.9. The molecule has 0 saturated carbocycles. The minimum Gasteiger partial charge on any atom is -0.465 e. The molecule has 0 N–H and O–H groups in total. The van der Waals surface area contributed by atoms with Crippen molar-refractivity contribution in [1.82, 2.24) is 0 Å². The van der Waals surface area contributed by atoms with Crippen molar-refractivity contribution >= 4 is 27.9 Å². The summed E-state index contributed by atoms with van der Waals surface area (Å²) in [5.74, 6) is -0.477. The van der Waals surface area contributed by atoms with Gasteiger partial charge in [0.25, 0.3) is 0 Å². The van der Waals surface area contributed by atoms with E-state index >= 15 is 0 Å². The molecule has 1 heterocycles. The van der Waals surface area contributed by atoms with Crippen LogP contribution in [0.2, 0.25) is 0 Å². The van der Waals surface area contributed by atoms with Crippen LogP contribution in [0, 0.1) is 6.92 Å². The van der Waals surface area contributed by atoms with Gasteiger partial charge in [0.2, 0.25) is 5.43 Å². The zero-order chi connectivity index (χ0) is 14.3. The maximum Gasteiger partial charge on any atom is 0.337 e. The average Bonchev–Trinajstić information content (AvgIpc) is 2.46. The molecule has 2 aromatic carbocycles. The van der Waals surface area contributed by atoms with Crippen LogP contribution in [0.25, 0.3) is 21.9 Å². The van der Waals surface area contributed by atoms with Crippen molar-refractivity contribution < 1.29 is 13.9 Å². The molecule has 0 fully saturated rings. The number of fused-ring (bicyclic) bond motifs is 2. The molecule has 1 aromatic heterocycles. The summed E-state index contributed by atoms with van der Waals surface area (Å²) in [6, 6.07) is 10.1. The Bertz CT molecular complexity index is 890. The molecule has 0 aliphatic carbocycles. The molecule has 100 valence electrons. The number of ether oxygens (including phenoxy) is 1. The lowest BCUT2D eigenvalue weighted by atomic mass is 10.1. The molecule has 3 rings (SSSR count). The van der Waals surface area contributed by atoms with Gasteiger partial charge in [0.05, 0.1) is 23.4 Å². The van der Waals surface area contributed by atoms with Crippen molar-refractivity contribution in [2.75, 3.05) is 7.11 Å². The van der Waals surface area contributed by atoms with Crippen LogP contribution < -0.4 is 5.43 Å². The molecule has 4 heteroatoms. The van der Waals surface area contributed by atoms with Gasteiger partial charge in [-0.05, 0) is 42.8 Å². The highest BCUT2D eigenvalue weighted by Crippen LogP contribution is 2.20. The summed E-state index contributed by atoms with van der Waals surface area (Å²) in [5, 5.41) is 0.884. The van der Waals surface area contributed by atoms with Gasteiger partial charge in [0, 0.05) is 0 Å². The van der Waals surface area contributed by atoms with E-state index in [0.717, 1.165) is 5.56 Å². The van der Waals surface area contributed by atoms with Gasteiger partial charge in [0.15, 0.2) is 0 Å². The van der Waals surface area contributed by atoms with Crippen LogP contribution in [-0.4, -0.2) is 13.1 Å². The van der Waals surface area contributed by atoms with Crippen LogP contribution in [-0.2, 0) is 4.74 Å². The van der Waals surface area contributed by atoms with Crippen LogP contribution >= 0.6 is 0 Å². The van der Waals surface area contributed by atoms with Gasteiger partial charge in [-0.2, -0.15) is 0 Å². The van der Waals surface area contributed by atoms with Crippen LogP contribution in [0.1, 0.15) is 15.9 Å². The highest BCUT2D eigenvalue weighted by molar-refractivity contribution is 5.96. The molecule has 0 aliphatic heterocycles. The van der Waals surface area contributed by atoms with Crippen LogP contribution in [0.4, 0.5) is 0 Å². The van der Waals surface area contributed by atoms with E-state index in [0.29, 0.717) is 27.5 Å². The molecule has 0 radical (unpaired) electrons. The molecule has 0 unspecified atom stereocenters. The maximum absolute atomic E-state index is 12.5. The quantitative estimate of drug-likeness (QED) is 0.503. The minimum atomic E-state index is -0.477. The molecule has 4 nitrogen and oxygen atoms in total. The molecular weight excluding hydrogens is 256 g/mol. The highest BCUT2D eigenvalue weighted by Gasteiger charge is 2.11. The van der Waals surface area contributed by atoms with Crippen molar-refractivity contribution in [3.05, 3.63) is 57.7 Å². The second-order valence-electron chi connectivity index (χ2n) is 4.63. The lowest BCUT2D eigenvalue weighted by molar-refractivity contribution is 0.0601. The molecule has 3 aromatic rings. The van der Waals surface area contributed by atoms with Gasteiger partial charge < -0.3 is 9.15 Å². The van der Waals surface area contributed by atoms with E-state index in [9.17, 15) is 9.59 Å². The van der Waals surface area contributed by atoms with Gasteiger partial charge in [0.1, 0.15) is 11.2 Å². The van der Waals surface area contributed by atoms with Gasteiger partial charge in [-0.15, -0.1) is 0 Å². The predicted molar refractivity (Wildman–Crippen MR) is 76.1 cm³/mol. The van der Waals surface area contributed by atoms with E-state index < -0.39 is 5.97 Å². The van der Waals surface area contributed by atoms with Gasteiger partial charge >= 0.3 is 5.97 Å². The monoisotopic (exact) mass is 268 g/mol. The smallest absolute Gasteiger partial charge is 0.337 e. The number of carbonyl (C=O) groups excluding carboxylic acids is 1. The standard InChI is InChI=1S/C16H12O4/c1-9-3-5-11-14(7-9)20-13-6-4-10(16(18)19-2)8-12(13)15(11)17/h3-8H,1-2H3. The SMILES string of the molecule is COC(=O)c1ccc2oc3cc(C)ccc3c(=O)c2c1. The molecule has 0 saturated heterocycles. The van der Waals surface area contributed by atoms with Crippen molar-refractivity contribution in [2.24, 2.45) is 0 Å². The zero-order valence-electron chi connectivity index (χ0n) is 11.1. The van der Waals surface area contributed by atoms with Gasteiger partial charge in [-0.3, -0.25) is 4.79 Å². The molecule has 0 bridgehead atoms. The molecule has 20 heavy (non-hydrogen) atoms. The van der Waals surface area contributed by atoms with Crippen LogP contribution in [0.3, 0.4) is 0 Å². The molecule has 0 aliphatic rings. The number of methoxy groups -OCH3 is 1. The van der Waals surface area contributed by atoms with E-state index in [1.54, 1.807) is 18.2 Å². The Morgan fingerprint density at radius 2 is 1.85 bits per heavy atom. The number of hydrogen-bond donors (Lipinski definition) is 0. The first-order valence-corrected chi connectivity index (χ1v) is 6.15. The Morgan fingerprint density at radius 1 is 1.05 bits per heavy atom. The number of carbonyl (C=O) groups is 1. The van der Waals surface area contributed by atoms with Crippen molar-refractivity contribution in [3.8, 4) is 0 Å². The Balaban J connectivity index is 2.38. The van der Waals surface area contributed by atoms with E-state index in [1.165, 1.54) is 13.2 Å². The van der Waals surface area contributed by atoms with E-state index in [2.05, 4.69) is 4.74 Å². The fraction of sp³-hybridized carbons (Fsp3) is 0.125. The van der Waals surface area contributed by atoms with E-state index in [-0.39, 0.29) is 5.43 Å². The van der Waals surface area contributed by atoms with Gasteiger partial charge in [-0.25, -0.2) is 4.79 Å². The maximum atomic E-state index is 12.5. The first kappa shape index (κ1) is 12.4. The van der Waals surface area contributed by atoms with Crippen LogP contribution in [0.5, 0.6) is 0 Å². The summed E-state index contributed by atoms with van der Waals surface area (Å²) in [6.07, 6.45) is 0. The highest BCUT2D eigenvalue weighted by atomic mass is 16.5. The first-order valence-electron chi connectivity index (χ1n) is 6.15. The number of benzene rings is 2. The van der Waals surface area contributed by atoms with Crippen molar-refractivity contribution in [3.63, 3.8) is 0 Å². The number of rotatable bonds is 1. The van der Waals surface area contributed by atoms with E-state index in [1.807, 2.05) is 19.1 Å². The molecule has 0 atom stereocenters. The second-order valence-corrected chi connectivity index (χ2v) is 4.63. The summed E-state index contributed by atoms with van der Waals surface area (Å²) in [7, 11) is 1.30. The first-order chi connectivity index (χ1) is 9.60. The fourth-order valence-corrected chi connectivity index (χ4v) is 2.21. The third kappa shape index (κ3) is 1.86. The predicted octanol–water partition coefficient (Wildman–Crippen LogP) is 3.04. The number of aryl methyl sites for hydroxylation is 1. The van der Waals surface area contributed by atoms with Crippen molar-refractivity contribution in [2.45, 2.75) is 6.92 Å². The summed E-state index contributed by atoms with van der Waals surface area (Å²) < 4.78 is 10.4. The molecule has 0 amide bonds. The van der Waals surface area contributed by atoms with Crippen molar-refractivity contribution in [1.29, 1.82) is 0 Å². The van der Waals surface area contributed by atoms with E-state index in [4.69, 9.17) is 4.42 Å². The fourth-order valence-electron chi connectivity index (χ4n) is 2.21. The summed E-state index contributed by atoms with van der Waals surface area (Å²) >= 11 is 0. The number of hydrogen-bond acceptors (Lipinski definition) is 4. The largest absolute Gasteiger partial charge is 0.465 e. The minimum absolute atomic E-state index is 0.146. The summed E-state index contributed by atoms with van der Waals surface area (Å²) in [4.78, 5) is 24.0. The molecular formula is C16H12O4. The lowest BCUT2D eigenvalue weighted by Gasteiger charge is -2.04. The Morgan fingerprint density at radius 3 is 2.60 bits per heavy atom. The topological polar surface area (TPSA) is 56.5 Å². The van der Waals surface area contributed by atoms with Crippen LogP contribution in [0.15, 0.2) is 45.6 Å². The molecule has 0 spiro atoms. The number of esters is 1. The third-order valence-electron chi connectivity index (χ3n) is 3.25. The average molecular weight is 268 g/mol. The Labute approximate surface area is 114 Å². The summed E-state index contributed by atoms with van der Waals surface area (Å²) in [6.45, 7) is 1.93. The third-order valence-corrected chi connectivity index (χ3v) is 3.25. The Hall–Kier alpha value is -2.62. The summed E-state index contributed by atoms with van der Waals surface area (Å²) in [5.41, 5.74) is 2.21.